The van der Waals surface area contributed by atoms with Crippen molar-refractivity contribution in [3.05, 3.63) is 27.7 Å². The maximum Gasteiger partial charge on any atom is 0.137 e. The molecule has 0 aromatic heterocycles. The first-order valence-corrected chi connectivity index (χ1v) is 7.30. The van der Waals surface area contributed by atoms with Crippen molar-refractivity contribution in [1.82, 2.24) is 0 Å². The lowest BCUT2D eigenvalue weighted by Gasteiger charge is -2.12. The number of nitrogens with one attached hydrogen (secondary N) is 1. The molecule has 3 nitrogen and oxygen atoms in total. The first-order valence-electron chi connectivity index (χ1n) is 6.51. The molecule has 0 aliphatic heterocycles. The number of hydrogen-bond acceptors (Lipinski definition) is 1. The summed E-state index contributed by atoms with van der Waals surface area (Å²) in [4.78, 5) is 1.49. The number of quaternary nitrogens is 2. The van der Waals surface area contributed by atoms with Gasteiger partial charge in [0.15, 0.2) is 0 Å². The molecule has 1 rings (SSSR count). The van der Waals surface area contributed by atoms with Crippen molar-refractivity contribution in [2.24, 2.45) is 0 Å². The van der Waals surface area contributed by atoms with Gasteiger partial charge in [-0.15, -0.1) is 0 Å². The van der Waals surface area contributed by atoms with Gasteiger partial charge in [0, 0.05) is 4.47 Å². The number of nitrogens with two attached hydrogens (primary N) is 1. The molecule has 3 N–H and O–H groups in total. The van der Waals surface area contributed by atoms with Crippen LogP contribution >= 0.6 is 15.9 Å². The molecule has 18 heavy (non-hydrogen) atoms. The zero-order valence-electron chi connectivity index (χ0n) is 11.8. The van der Waals surface area contributed by atoms with Crippen LogP contribution in [0.25, 0.3) is 0 Å². The van der Waals surface area contributed by atoms with Crippen molar-refractivity contribution in [2.75, 3.05) is 40.3 Å². The molecule has 4 heteroatoms. The minimum Gasteiger partial charge on any atom is -0.487 e. The molecule has 0 unspecified atom stereocenters. The van der Waals surface area contributed by atoms with E-state index in [4.69, 9.17) is 4.74 Å². The second-order valence-electron chi connectivity index (χ2n) is 5.04. The Kier molecular flexibility index (Phi) is 6.68. The highest BCUT2D eigenvalue weighted by molar-refractivity contribution is 9.10. The molecule has 0 radical (unpaired) electrons. The fraction of sp³-hybridized carbons (Fsp3) is 0.571. The largest absolute Gasteiger partial charge is 0.487 e. The lowest BCUT2D eigenvalue weighted by molar-refractivity contribution is -0.874. The van der Waals surface area contributed by atoms with Crippen LogP contribution in [-0.2, 0) is 0 Å². The van der Waals surface area contributed by atoms with Crippen LogP contribution in [0.2, 0.25) is 0 Å². The predicted octanol–water partition coefficient (Wildman–Crippen LogP) is 0.153. The fourth-order valence-electron chi connectivity index (χ4n) is 1.90. The SMILES string of the molecule is Cc1cc(Br)cc(C)c1OCC[NH2+]CC[NH+](C)C. The number of hydrogen-bond donors (Lipinski definition) is 2. The Labute approximate surface area is 119 Å². The molecule has 0 saturated heterocycles. The lowest BCUT2D eigenvalue weighted by Crippen LogP contribution is -3.09. The minimum atomic E-state index is 0.770. The molecule has 0 fully saturated rings. The van der Waals surface area contributed by atoms with Crippen LogP contribution < -0.4 is 15.0 Å². The van der Waals surface area contributed by atoms with Crippen LogP contribution in [0, 0.1) is 13.8 Å². The molecule has 0 aliphatic rings. The van der Waals surface area contributed by atoms with Crippen LogP contribution in [0.4, 0.5) is 0 Å². The van der Waals surface area contributed by atoms with Crippen molar-refractivity contribution in [2.45, 2.75) is 13.8 Å². The summed E-state index contributed by atoms with van der Waals surface area (Å²) in [6.45, 7) is 8.31. The molecule has 0 saturated carbocycles. The van der Waals surface area contributed by atoms with Gasteiger partial charge in [-0.3, -0.25) is 0 Å². The molecule has 0 atom stereocenters. The number of halogens is 1. The number of benzene rings is 1. The number of rotatable bonds is 7. The van der Waals surface area contributed by atoms with Gasteiger partial charge < -0.3 is 15.0 Å². The smallest absolute Gasteiger partial charge is 0.137 e. The van der Waals surface area contributed by atoms with Crippen molar-refractivity contribution in [1.29, 1.82) is 0 Å². The van der Waals surface area contributed by atoms with Crippen molar-refractivity contribution >= 4 is 15.9 Å². The average molecular weight is 317 g/mol. The Morgan fingerprint density at radius 2 is 1.78 bits per heavy atom. The highest BCUT2D eigenvalue weighted by Crippen LogP contribution is 2.26. The predicted molar refractivity (Wildman–Crippen MR) is 78.4 cm³/mol. The van der Waals surface area contributed by atoms with Gasteiger partial charge in [-0.25, -0.2) is 0 Å². The van der Waals surface area contributed by atoms with E-state index in [1.165, 1.54) is 22.6 Å². The van der Waals surface area contributed by atoms with Crippen LogP contribution in [0.15, 0.2) is 16.6 Å². The highest BCUT2D eigenvalue weighted by Gasteiger charge is 2.05. The first kappa shape index (κ1) is 15.5. The minimum absolute atomic E-state index is 0.770. The van der Waals surface area contributed by atoms with Crippen LogP contribution in [0.5, 0.6) is 5.75 Å². The van der Waals surface area contributed by atoms with E-state index in [0.29, 0.717) is 0 Å². The van der Waals surface area contributed by atoms with E-state index >= 15 is 0 Å². The summed E-state index contributed by atoms with van der Waals surface area (Å²) in [5.41, 5.74) is 2.39. The molecule has 0 aliphatic carbocycles. The van der Waals surface area contributed by atoms with E-state index in [0.717, 1.165) is 29.9 Å². The van der Waals surface area contributed by atoms with E-state index in [-0.39, 0.29) is 0 Å². The summed E-state index contributed by atoms with van der Waals surface area (Å²) in [7, 11) is 4.36. The standard InChI is InChI=1S/C14H23BrN2O/c1-11-9-13(15)10-12(2)14(11)18-8-6-16-5-7-17(3)4/h9-10,16H,5-8H2,1-4H3/p+2. The fourth-order valence-corrected chi connectivity index (χ4v) is 2.59. The van der Waals surface area contributed by atoms with E-state index in [9.17, 15) is 0 Å². The quantitative estimate of drug-likeness (QED) is 0.689. The topological polar surface area (TPSA) is 30.3 Å². The zero-order chi connectivity index (χ0) is 13.5. The third-order valence-corrected chi connectivity index (χ3v) is 3.30. The Bertz CT molecular complexity index is 357. The Balaban J connectivity index is 2.31. The molecule has 0 bridgehead atoms. The molecule has 1 aromatic carbocycles. The van der Waals surface area contributed by atoms with Gasteiger partial charge in [-0.2, -0.15) is 0 Å². The maximum absolute atomic E-state index is 5.87. The van der Waals surface area contributed by atoms with Gasteiger partial charge >= 0.3 is 0 Å². The summed E-state index contributed by atoms with van der Waals surface area (Å²) in [6, 6.07) is 4.20. The molecule has 0 heterocycles. The molecular weight excluding hydrogens is 292 g/mol. The summed E-state index contributed by atoms with van der Waals surface area (Å²) in [6.07, 6.45) is 0. The van der Waals surface area contributed by atoms with Gasteiger partial charge in [0.1, 0.15) is 32.0 Å². The average Bonchev–Trinajstić information content (AvgIpc) is 2.25. The zero-order valence-corrected chi connectivity index (χ0v) is 13.4. The number of likely N-dealkylation sites (N-methyl/N-ethyl adjacent to an activating group) is 1. The van der Waals surface area contributed by atoms with Crippen LogP contribution in [-0.4, -0.2) is 40.3 Å². The van der Waals surface area contributed by atoms with E-state index < -0.39 is 0 Å². The first-order chi connectivity index (χ1) is 8.50. The third-order valence-electron chi connectivity index (χ3n) is 2.84. The monoisotopic (exact) mass is 316 g/mol. The molecule has 102 valence electrons. The Hall–Kier alpha value is -0.580. The second kappa shape index (κ2) is 7.77. The molecular formula is C14H25BrN2O+2. The number of ether oxygens (including phenoxy) is 1. The molecule has 0 amide bonds. The second-order valence-corrected chi connectivity index (χ2v) is 5.96. The van der Waals surface area contributed by atoms with E-state index in [1.807, 2.05) is 0 Å². The van der Waals surface area contributed by atoms with Crippen LogP contribution in [0.1, 0.15) is 11.1 Å². The molecule has 0 spiro atoms. The summed E-state index contributed by atoms with van der Waals surface area (Å²) in [5, 5.41) is 2.32. The van der Waals surface area contributed by atoms with Gasteiger partial charge in [-0.05, 0) is 37.1 Å². The summed E-state index contributed by atoms with van der Waals surface area (Å²) < 4.78 is 6.99. The van der Waals surface area contributed by atoms with Crippen molar-refractivity contribution < 1.29 is 15.0 Å². The van der Waals surface area contributed by atoms with Crippen molar-refractivity contribution in [3.63, 3.8) is 0 Å². The van der Waals surface area contributed by atoms with E-state index in [2.05, 4.69) is 61.3 Å². The Morgan fingerprint density at radius 3 is 2.33 bits per heavy atom. The molecule has 1 aromatic rings. The Morgan fingerprint density at radius 1 is 1.17 bits per heavy atom. The van der Waals surface area contributed by atoms with Crippen molar-refractivity contribution in [3.8, 4) is 5.75 Å². The normalized spacial score (nSPS) is 11.0. The third kappa shape index (κ3) is 5.38. The lowest BCUT2D eigenvalue weighted by atomic mass is 10.1. The van der Waals surface area contributed by atoms with E-state index in [1.54, 1.807) is 0 Å². The highest BCUT2D eigenvalue weighted by atomic mass is 79.9. The van der Waals surface area contributed by atoms with Gasteiger partial charge in [0.05, 0.1) is 14.1 Å². The summed E-state index contributed by atoms with van der Waals surface area (Å²) >= 11 is 3.50. The van der Waals surface area contributed by atoms with Gasteiger partial charge in [0.2, 0.25) is 0 Å². The maximum atomic E-state index is 5.87. The summed E-state index contributed by atoms with van der Waals surface area (Å²) in [5.74, 6) is 1.03. The van der Waals surface area contributed by atoms with Crippen LogP contribution in [0.3, 0.4) is 0 Å². The number of aryl methyl sites for hydroxylation is 2. The van der Waals surface area contributed by atoms with Gasteiger partial charge in [-0.1, -0.05) is 15.9 Å². The van der Waals surface area contributed by atoms with Gasteiger partial charge in [0.25, 0.3) is 0 Å².